The number of benzene rings is 2. The van der Waals surface area contributed by atoms with Crippen LogP contribution in [0.3, 0.4) is 0 Å². The lowest BCUT2D eigenvalue weighted by molar-refractivity contribution is -0.137. The zero-order valence-electron chi connectivity index (χ0n) is 13.8. The molecular weight excluding hydrogens is 335 g/mol. The number of hydrogen-bond acceptors (Lipinski definition) is 3. The molecule has 0 saturated heterocycles. The molecule has 0 fully saturated rings. The molecule has 134 valence electrons. The quantitative estimate of drug-likeness (QED) is 0.855. The minimum absolute atomic E-state index is 0.0120. The highest BCUT2D eigenvalue weighted by atomic mass is 19.4. The van der Waals surface area contributed by atoms with Gasteiger partial charge in [-0.1, -0.05) is 18.2 Å². The molecule has 25 heavy (non-hydrogen) atoms. The summed E-state index contributed by atoms with van der Waals surface area (Å²) < 4.78 is 48.1. The Morgan fingerprint density at radius 3 is 2.40 bits per heavy atom. The van der Waals surface area contributed by atoms with E-state index in [2.05, 4.69) is 5.32 Å². The zero-order chi connectivity index (χ0) is 18.4. The lowest BCUT2D eigenvalue weighted by Gasteiger charge is -2.15. The molecule has 0 aliphatic heterocycles. The van der Waals surface area contributed by atoms with Gasteiger partial charge in [0.25, 0.3) is 5.91 Å². The predicted octanol–water partition coefficient (Wildman–Crippen LogP) is 3.97. The SMILES string of the molecule is COc1ccc([C@@H](C)NC(=O)COc2cccc(C(F)(F)F)c2)cc1. The van der Waals surface area contributed by atoms with Gasteiger partial charge in [-0.05, 0) is 42.8 Å². The van der Waals surface area contributed by atoms with Crippen molar-refractivity contribution in [3.63, 3.8) is 0 Å². The van der Waals surface area contributed by atoms with Crippen LogP contribution in [0.1, 0.15) is 24.1 Å². The fourth-order valence-corrected chi connectivity index (χ4v) is 2.17. The second kappa shape index (κ2) is 7.92. The summed E-state index contributed by atoms with van der Waals surface area (Å²) in [6.07, 6.45) is -4.45. The molecular formula is C18H18F3NO3. The molecule has 0 aromatic heterocycles. The number of carbonyl (C=O) groups excluding carboxylic acids is 1. The number of nitrogens with one attached hydrogen (secondary N) is 1. The minimum atomic E-state index is -4.45. The molecule has 4 nitrogen and oxygen atoms in total. The van der Waals surface area contributed by atoms with Crippen LogP contribution < -0.4 is 14.8 Å². The van der Waals surface area contributed by atoms with E-state index in [-0.39, 0.29) is 18.4 Å². The molecule has 0 unspecified atom stereocenters. The Hall–Kier alpha value is -2.70. The van der Waals surface area contributed by atoms with E-state index in [0.717, 1.165) is 17.7 Å². The fraction of sp³-hybridized carbons (Fsp3) is 0.278. The van der Waals surface area contributed by atoms with Gasteiger partial charge in [-0.25, -0.2) is 0 Å². The molecule has 0 aliphatic rings. The number of halogens is 3. The third kappa shape index (κ3) is 5.41. The number of ether oxygens (including phenoxy) is 2. The van der Waals surface area contributed by atoms with Crippen LogP contribution in [0.5, 0.6) is 11.5 Å². The minimum Gasteiger partial charge on any atom is -0.497 e. The van der Waals surface area contributed by atoms with Crippen LogP contribution in [0, 0.1) is 0 Å². The third-order valence-electron chi connectivity index (χ3n) is 3.52. The lowest BCUT2D eigenvalue weighted by atomic mass is 10.1. The Kier molecular flexibility index (Phi) is 5.90. The largest absolute Gasteiger partial charge is 0.497 e. The third-order valence-corrected chi connectivity index (χ3v) is 3.52. The highest BCUT2D eigenvalue weighted by Crippen LogP contribution is 2.31. The molecule has 0 aliphatic carbocycles. The monoisotopic (exact) mass is 353 g/mol. The highest BCUT2D eigenvalue weighted by molar-refractivity contribution is 5.78. The number of alkyl halides is 3. The van der Waals surface area contributed by atoms with E-state index in [1.807, 2.05) is 12.1 Å². The van der Waals surface area contributed by atoms with Crippen LogP contribution >= 0.6 is 0 Å². The van der Waals surface area contributed by atoms with Crippen molar-refractivity contribution in [3.05, 3.63) is 59.7 Å². The van der Waals surface area contributed by atoms with E-state index >= 15 is 0 Å². The molecule has 0 spiro atoms. The van der Waals surface area contributed by atoms with Gasteiger partial charge >= 0.3 is 6.18 Å². The molecule has 2 aromatic carbocycles. The summed E-state index contributed by atoms with van der Waals surface area (Å²) in [5.74, 6) is 0.262. The Morgan fingerprint density at radius 2 is 1.80 bits per heavy atom. The van der Waals surface area contributed by atoms with Crippen molar-refractivity contribution in [2.45, 2.75) is 19.1 Å². The van der Waals surface area contributed by atoms with Crippen molar-refractivity contribution in [1.82, 2.24) is 5.32 Å². The van der Waals surface area contributed by atoms with Gasteiger partial charge in [0, 0.05) is 0 Å². The molecule has 0 radical (unpaired) electrons. The standard InChI is InChI=1S/C18H18F3NO3/c1-12(13-6-8-15(24-2)9-7-13)22-17(23)11-25-16-5-3-4-14(10-16)18(19,20)21/h3-10,12H,11H2,1-2H3,(H,22,23)/t12-/m1/s1. The van der Waals surface area contributed by atoms with Crippen LogP contribution in [0.2, 0.25) is 0 Å². The van der Waals surface area contributed by atoms with Crippen molar-refractivity contribution in [2.75, 3.05) is 13.7 Å². The summed E-state index contributed by atoms with van der Waals surface area (Å²) in [4.78, 5) is 11.9. The summed E-state index contributed by atoms with van der Waals surface area (Å²) in [5, 5.41) is 2.72. The van der Waals surface area contributed by atoms with Crippen LogP contribution in [-0.2, 0) is 11.0 Å². The topological polar surface area (TPSA) is 47.6 Å². The lowest BCUT2D eigenvalue weighted by Crippen LogP contribution is -2.31. The van der Waals surface area contributed by atoms with Crippen LogP contribution in [0.25, 0.3) is 0 Å². The molecule has 2 aromatic rings. The molecule has 7 heteroatoms. The Labute approximate surface area is 143 Å². The van der Waals surface area contributed by atoms with Crippen molar-refractivity contribution < 1.29 is 27.4 Å². The van der Waals surface area contributed by atoms with E-state index in [9.17, 15) is 18.0 Å². The first kappa shape index (κ1) is 18.6. The Bertz CT molecular complexity index is 714. The van der Waals surface area contributed by atoms with Gasteiger partial charge in [0.2, 0.25) is 0 Å². The Balaban J connectivity index is 1.89. The van der Waals surface area contributed by atoms with Gasteiger partial charge < -0.3 is 14.8 Å². The number of amides is 1. The van der Waals surface area contributed by atoms with Crippen LogP contribution in [0.15, 0.2) is 48.5 Å². The number of hydrogen-bond donors (Lipinski definition) is 1. The van der Waals surface area contributed by atoms with Gasteiger partial charge in [0.1, 0.15) is 11.5 Å². The van der Waals surface area contributed by atoms with Gasteiger partial charge in [-0.15, -0.1) is 0 Å². The van der Waals surface area contributed by atoms with E-state index in [0.29, 0.717) is 5.75 Å². The normalized spacial score (nSPS) is 12.4. The van der Waals surface area contributed by atoms with Gasteiger partial charge in [-0.3, -0.25) is 4.79 Å². The van der Waals surface area contributed by atoms with E-state index in [1.165, 1.54) is 12.1 Å². The first-order valence-corrected chi connectivity index (χ1v) is 7.53. The van der Waals surface area contributed by atoms with E-state index in [1.54, 1.807) is 26.2 Å². The van der Waals surface area contributed by atoms with Gasteiger partial charge in [0.05, 0.1) is 18.7 Å². The maximum atomic E-state index is 12.6. The smallest absolute Gasteiger partial charge is 0.416 e. The zero-order valence-corrected chi connectivity index (χ0v) is 13.8. The number of rotatable bonds is 6. The maximum Gasteiger partial charge on any atom is 0.416 e. The summed E-state index contributed by atoms with van der Waals surface area (Å²) in [6, 6.07) is 11.3. The van der Waals surface area contributed by atoms with Crippen molar-refractivity contribution in [2.24, 2.45) is 0 Å². The predicted molar refractivity (Wildman–Crippen MR) is 86.5 cm³/mol. The second-order valence-corrected chi connectivity index (χ2v) is 5.38. The molecule has 0 heterocycles. The van der Waals surface area contributed by atoms with Crippen molar-refractivity contribution in [1.29, 1.82) is 0 Å². The van der Waals surface area contributed by atoms with Crippen LogP contribution in [0.4, 0.5) is 13.2 Å². The van der Waals surface area contributed by atoms with Gasteiger partial charge in [0.15, 0.2) is 6.61 Å². The number of methoxy groups -OCH3 is 1. The van der Waals surface area contributed by atoms with E-state index in [4.69, 9.17) is 9.47 Å². The average Bonchev–Trinajstić information content (AvgIpc) is 2.59. The summed E-state index contributed by atoms with van der Waals surface area (Å²) >= 11 is 0. The summed E-state index contributed by atoms with van der Waals surface area (Å²) in [6.45, 7) is 1.42. The molecule has 1 N–H and O–H groups in total. The molecule has 0 saturated carbocycles. The van der Waals surface area contributed by atoms with E-state index < -0.39 is 17.6 Å². The summed E-state index contributed by atoms with van der Waals surface area (Å²) in [5.41, 5.74) is 0.0465. The van der Waals surface area contributed by atoms with Crippen molar-refractivity contribution in [3.8, 4) is 11.5 Å². The number of carbonyl (C=O) groups is 1. The Morgan fingerprint density at radius 1 is 1.12 bits per heavy atom. The summed E-state index contributed by atoms with van der Waals surface area (Å²) in [7, 11) is 1.56. The second-order valence-electron chi connectivity index (χ2n) is 5.38. The molecule has 2 rings (SSSR count). The van der Waals surface area contributed by atoms with Crippen LogP contribution in [-0.4, -0.2) is 19.6 Å². The maximum absolute atomic E-state index is 12.6. The first-order chi connectivity index (χ1) is 11.8. The van der Waals surface area contributed by atoms with Gasteiger partial charge in [-0.2, -0.15) is 13.2 Å². The highest BCUT2D eigenvalue weighted by Gasteiger charge is 2.30. The fourth-order valence-electron chi connectivity index (χ4n) is 2.17. The molecule has 1 amide bonds. The van der Waals surface area contributed by atoms with Crippen molar-refractivity contribution >= 4 is 5.91 Å². The average molecular weight is 353 g/mol. The first-order valence-electron chi connectivity index (χ1n) is 7.53. The molecule has 1 atom stereocenters. The molecule has 0 bridgehead atoms.